The molecule has 1 fully saturated rings. The first kappa shape index (κ1) is 15.3. The van der Waals surface area contributed by atoms with Crippen LogP contribution in [-0.4, -0.2) is 37.7 Å². The molecule has 0 aromatic heterocycles. The molecule has 3 nitrogen and oxygen atoms in total. The molecule has 1 unspecified atom stereocenters. The average molecular weight is 276 g/mol. The largest absolute Gasteiger partial charge is 0.494 e. The van der Waals surface area contributed by atoms with Crippen LogP contribution < -0.4 is 10.1 Å². The molecule has 1 aromatic carbocycles. The summed E-state index contributed by atoms with van der Waals surface area (Å²) < 4.78 is 5.80. The van der Waals surface area contributed by atoms with Crippen LogP contribution in [0.15, 0.2) is 24.3 Å². The Balaban J connectivity index is 2.11. The molecule has 20 heavy (non-hydrogen) atoms. The minimum atomic E-state index is 0.350. The molecule has 2 rings (SSSR count). The lowest BCUT2D eigenvalue weighted by Crippen LogP contribution is -2.34. The molecule has 0 amide bonds. The van der Waals surface area contributed by atoms with Gasteiger partial charge in [-0.1, -0.05) is 25.1 Å². The van der Waals surface area contributed by atoms with Crippen LogP contribution in [0, 0.1) is 0 Å². The highest BCUT2D eigenvalue weighted by atomic mass is 16.5. The highest BCUT2D eigenvalue weighted by Crippen LogP contribution is 2.30. The molecule has 1 aliphatic rings. The zero-order valence-corrected chi connectivity index (χ0v) is 13.1. The van der Waals surface area contributed by atoms with E-state index in [0.717, 1.165) is 37.9 Å². The van der Waals surface area contributed by atoms with E-state index in [1.54, 1.807) is 0 Å². The van der Waals surface area contributed by atoms with Crippen molar-refractivity contribution in [2.75, 3.05) is 26.7 Å². The van der Waals surface area contributed by atoms with Crippen molar-refractivity contribution >= 4 is 0 Å². The van der Waals surface area contributed by atoms with Gasteiger partial charge in [0.15, 0.2) is 0 Å². The smallest absolute Gasteiger partial charge is 0.124 e. The number of para-hydroxylation sites is 1. The van der Waals surface area contributed by atoms with Crippen LogP contribution in [0.1, 0.15) is 44.7 Å². The van der Waals surface area contributed by atoms with Crippen molar-refractivity contribution < 1.29 is 4.74 Å². The number of ether oxygens (including phenoxy) is 1. The van der Waals surface area contributed by atoms with Crippen LogP contribution in [0.2, 0.25) is 0 Å². The van der Waals surface area contributed by atoms with Crippen molar-refractivity contribution in [1.29, 1.82) is 0 Å². The molecule has 0 heterocycles. The number of nitrogens with one attached hydrogen (secondary N) is 1. The standard InChI is InChI=1S/C17H28N2O/c1-4-12-18-16(13-19(3)14-10-11-14)15-8-6-7-9-17(15)20-5-2/h6-9,14,16,18H,4-5,10-13H2,1-3H3. The number of nitrogens with zero attached hydrogens (tertiary/aromatic N) is 1. The highest BCUT2D eigenvalue weighted by Gasteiger charge is 2.28. The monoisotopic (exact) mass is 276 g/mol. The van der Waals surface area contributed by atoms with Gasteiger partial charge in [0.2, 0.25) is 0 Å². The number of hydrogen-bond donors (Lipinski definition) is 1. The van der Waals surface area contributed by atoms with Crippen LogP contribution in [0.3, 0.4) is 0 Å². The predicted octanol–water partition coefficient (Wildman–Crippen LogP) is 3.22. The Morgan fingerprint density at radius 3 is 2.70 bits per heavy atom. The van der Waals surface area contributed by atoms with Gasteiger partial charge in [-0.25, -0.2) is 0 Å². The first-order valence-corrected chi connectivity index (χ1v) is 7.91. The summed E-state index contributed by atoms with van der Waals surface area (Å²) in [6, 6.07) is 9.57. The van der Waals surface area contributed by atoms with Gasteiger partial charge in [-0.2, -0.15) is 0 Å². The molecule has 1 N–H and O–H groups in total. The summed E-state index contributed by atoms with van der Waals surface area (Å²) in [5, 5.41) is 3.68. The SMILES string of the molecule is CCCNC(CN(C)C1CC1)c1ccccc1OCC. The minimum Gasteiger partial charge on any atom is -0.494 e. The summed E-state index contributed by atoms with van der Waals surface area (Å²) in [4.78, 5) is 2.48. The average Bonchev–Trinajstić information content (AvgIpc) is 3.29. The summed E-state index contributed by atoms with van der Waals surface area (Å²) in [5.74, 6) is 1.02. The van der Waals surface area contributed by atoms with E-state index in [1.165, 1.54) is 18.4 Å². The lowest BCUT2D eigenvalue weighted by Gasteiger charge is -2.26. The van der Waals surface area contributed by atoms with Gasteiger partial charge in [-0.05, 0) is 45.8 Å². The number of rotatable bonds is 9. The number of benzene rings is 1. The maximum Gasteiger partial charge on any atom is 0.124 e. The van der Waals surface area contributed by atoms with E-state index in [1.807, 2.05) is 6.92 Å². The lowest BCUT2D eigenvalue weighted by atomic mass is 10.0. The quantitative estimate of drug-likeness (QED) is 0.749. The molecule has 3 heteroatoms. The predicted molar refractivity (Wildman–Crippen MR) is 84.3 cm³/mol. The van der Waals surface area contributed by atoms with Crippen LogP contribution >= 0.6 is 0 Å². The fraction of sp³-hybridized carbons (Fsp3) is 0.647. The molecule has 1 saturated carbocycles. The molecule has 0 bridgehead atoms. The van der Waals surface area contributed by atoms with Crippen molar-refractivity contribution in [3.63, 3.8) is 0 Å². The summed E-state index contributed by atoms with van der Waals surface area (Å²) in [5.41, 5.74) is 1.29. The fourth-order valence-corrected chi connectivity index (χ4v) is 2.60. The van der Waals surface area contributed by atoms with Gasteiger partial charge in [-0.15, -0.1) is 0 Å². The van der Waals surface area contributed by atoms with Crippen LogP contribution in [0.5, 0.6) is 5.75 Å². The Morgan fingerprint density at radius 1 is 1.30 bits per heavy atom. The molecule has 112 valence electrons. The van der Waals surface area contributed by atoms with E-state index in [0.29, 0.717) is 6.04 Å². The molecule has 1 atom stereocenters. The minimum absolute atomic E-state index is 0.350. The molecular weight excluding hydrogens is 248 g/mol. The second-order valence-electron chi connectivity index (χ2n) is 5.65. The van der Waals surface area contributed by atoms with Gasteiger partial charge < -0.3 is 15.0 Å². The van der Waals surface area contributed by atoms with Gasteiger partial charge in [0.05, 0.1) is 6.61 Å². The number of likely N-dealkylation sites (N-methyl/N-ethyl adjacent to an activating group) is 1. The van der Waals surface area contributed by atoms with E-state index in [9.17, 15) is 0 Å². The Kier molecular flexibility index (Phi) is 5.86. The van der Waals surface area contributed by atoms with Crippen LogP contribution in [0.25, 0.3) is 0 Å². The summed E-state index contributed by atoms with van der Waals surface area (Å²) in [6.45, 7) is 7.07. The second-order valence-corrected chi connectivity index (χ2v) is 5.65. The normalized spacial score (nSPS) is 16.4. The summed E-state index contributed by atoms with van der Waals surface area (Å²) in [6.07, 6.45) is 3.86. The van der Waals surface area contributed by atoms with E-state index >= 15 is 0 Å². The van der Waals surface area contributed by atoms with Gasteiger partial charge in [0, 0.05) is 24.2 Å². The molecule has 0 radical (unpaired) electrons. The van der Waals surface area contributed by atoms with Crippen LogP contribution in [-0.2, 0) is 0 Å². The first-order chi connectivity index (χ1) is 9.76. The maximum atomic E-state index is 5.80. The topological polar surface area (TPSA) is 24.5 Å². The van der Waals surface area contributed by atoms with E-state index in [2.05, 4.69) is 48.5 Å². The Morgan fingerprint density at radius 2 is 2.05 bits per heavy atom. The molecule has 1 aromatic rings. The maximum absolute atomic E-state index is 5.80. The van der Waals surface area contributed by atoms with Gasteiger partial charge >= 0.3 is 0 Å². The van der Waals surface area contributed by atoms with Crippen molar-refractivity contribution in [2.24, 2.45) is 0 Å². The lowest BCUT2D eigenvalue weighted by molar-refractivity contribution is 0.273. The molecular formula is C17H28N2O. The van der Waals surface area contributed by atoms with Crippen molar-refractivity contribution in [3.05, 3.63) is 29.8 Å². The molecule has 1 aliphatic carbocycles. The van der Waals surface area contributed by atoms with Gasteiger partial charge in [0.25, 0.3) is 0 Å². The fourth-order valence-electron chi connectivity index (χ4n) is 2.60. The third-order valence-electron chi connectivity index (χ3n) is 3.88. The van der Waals surface area contributed by atoms with Crippen LogP contribution in [0.4, 0.5) is 0 Å². The molecule has 0 spiro atoms. The van der Waals surface area contributed by atoms with E-state index in [4.69, 9.17) is 4.74 Å². The second kappa shape index (κ2) is 7.65. The third-order valence-corrected chi connectivity index (χ3v) is 3.88. The molecule has 0 saturated heterocycles. The summed E-state index contributed by atoms with van der Waals surface area (Å²) in [7, 11) is 2.24. The zero-order valence-electron chi connectivity index (χ0n) is 13.1. The zero-order chi connectivity index (χ0) is 14.4. The Labute approximate surface area is 123 Å². The van der Waals surface area contributed by atoms with Crippen molar-refractivity contribution in [2.45, 2.75) is 45.2 Å². The van der Waals surface area contributed by atoms with E-state index in [-0.39, 0.29) is 0 Å². The Hall–Kier alpha value is -1.06. The summed E-state index contributed by atoms with van der Waals surface area (Å²) >= 11 is 0. The van der Waals surface area contributed by atoms with Gasteiger partial charge in [-0.3, -0.25) is 0 Å². The van der Waals surface area contributed by atoms with Crippen molar-refractivity contribution in [1.82, 2.24) is 10.2 Å². The highest BCUT2D eigenvalue weighted by molar-refractivity contribution is 5.36. The third kappa shape index (κ3) is 4.22. The Bertz CT molecular complexity index is 404. The molecule has 0 aliphatic heterocycles. The van der Waals surface area contributed by atoms with Crippen molar-refractivity contribution in [3.8, 4) is 5.75 Å². The van der Waals surface area contributed by atoms with E-state index < -0.39 is 0 Å². The van der Waals surface area contributed by atoms with Gasteiger partial charge in [0.1, 0.15) is 5.75 Å². The number of hydrogen-bond acceptors (Lipinski definition) is 3. The first-order valence-electron chi connectivity index (χ1n) is 7.91.